The lowest BCUT2D eigenvalue weighted by Crippen LogP contribution is -2.34. The molecule has 0 spiro atoms. The Morgan fingerprint density at radius 3 is 2.78 bits per heavy atom. The van der Waals surface area contributed by atoms with Crippen LogP contribution in [0.15, 0.2) is 18.2 Å². The van der Waals surface area contributed by atoms with E-state index < -0.39 is 11.6 Å². The maximum absolute atomic E-state index is 13.3. The van der Waals surface area contributed by atoms with Crippen LogP contribution in [0.5, 0.6) is 0 Å². The molecule has 3 nitrogen and oxygen atoms in total. The Balaban J connectivity index is 2.58. The van der Waals surface area contributed by atoms with E-state index in [0.717, 1.165) is 24.6 Å². The molecule has 0 aliphatic rings. The zero-order valence-corrected chi connectivity index (χ0v) is 10.4. The first kappa shape index (κ1) is 14.6. The van der Waals surface area contributed by atoms with Gasteiger partial charge in [-0.15, -0.1) is 0 Å². The van der Waals surface area contributed by atoms with E-state index in [1.807, 2.05) is 6.92 Å². The number of nitrogens with two attached hydrogens (primary N) is 1. The third-order valence-corrected chi connectivity index (χ3v) is 2.75. The van der Waals surface area contributed by atoms with Crippen molar-refractivity contribution in [2.75, 3.05) is 6.54 Å². The number of carbonyl (C=O) groups excluding carboxylic acids is 1. The molecule has 0 radical (unpaired) electrons. The molecule has 0 aliphatic heterocycles. The van der Waals surface area contributed by atoms with E-state index in [-0.39, 0.29) is 30.5 Å². The summed E-state index contributed by atoms with van der Waals surface area (Å²) in [6, 6.07) is 3.16. The molecule has 18 heavy (non-hydrogen) atoms. The van der Waals surface area contributed by atoms with Crippen molar-refractivity contribution < 1.29 is 13.6 Å². The van der Waals surface area contributed by atoms with Gasteiger partial charge in [0.05, 0.1) is 5.92 Å². The molecule has 1 amide bonds. The molecule has 1 rings (SSSR count). The van der Waals surface area contributed by atoms with Crippen LogP contribution in [0.1, 0.15) is 25.3 Å². The van der Waals surface area contributed by atoms with Gasteiger partial charge in [-0.05, 0) is 24.6 Å². The number of rotatable bonds is 6. The van der Waals surface area contributed by atoms with Gasteiger partial charge in [0.2, 0.25) is 5.91 Å². The van der Waals surface area contributed by atoms with Crippen molar-refractivity contribution in [1.29, 1.82) is 0 Å². The topological polar surface area (TPSA) is 55.1 Å². The van der Waals surface area contributed by atoms with Crippen molar-refractivity contribution in [2.45, 2.75) is 26.3 Å². The summed E-state index contributed by atoms with van der Waals surface area (Å²) in [5, 5.41) is 2.58. The summed E-state index contributed by atoms with van der Waals surface area (Å²) in [6.07, 6.45) is 1.54. The van der Waals surface area contributed by atoms with Crippen molar-refractivity contribution in [3.63, 3.8) is 0 Å². The Bertz CT molecular complexity index is 410. The molecule has 1 aromatic rings. The number of carbonyl (C=O) groups is 1. The van der Waals surface area contributed by atoms with Crippen LogP contribution in [-0.4, -0.2) is 12.5 Å². The van der Waals surface area contributed by atoms with Crippen molar-refractivity contribution >= 4 is 5.91 Å². The monoisotopic (exact) mass is 256 g/mol. The standard InChI is InChI=1S/C13H18F2N2O/c1-2-3-9(7-16)13(18)17-8-10-6-11(14)4-5-12(10)15/h4-6,9H,2-3,7-8,16H2,1H3,(H,17,18). The summed E-state index contributed by atoms with van der Waals surface area (Å²) in [5.74, 6) is -1.55. The number of hydrogen-bond acceptors (Lipinski definition) is 2. The van der Waals surface area contributed by atoms with Crippen molar-refractivity contribution in [3.8, 4) is 0 Å². The summed E-state index contributed by atoms with van der Waals surface area (Å²) >= 11 is 0. The minimum Gasteiger partial charge on any atom is -0.352 e. The molecule has 0 fully saturated rings. The minimum atomic E-state index is -0.531. The van der Waals surface area contributed by atoms with Crippen molar-refractivity contribution in [2.24, 2.45) is 11.7 Å². The van der Waals surface area contributed by atoms with Crippen LogP contribution in [0.4, 0.5) is 8.78 Å². The second-order valence-corrected chi connectivity index (χ2v) is 4.17. The molecule has 0 saturated heterocycles. The van der Waals surface area contributed by atoms with Crippen molar-refractivity contribution in [3.05, 3.63) is 35.4 Å². The second kappa shape index (κ2) is 7.06. The Hall–Kier alpha value is -1.49. The number of benzene rings is 1. The van der Waals surface area contributed by atoms with Gasteiger partial charge < -0.3 is 11.1 Å². The highest BCUT2D eigenvalue weighted by molar-refractivity contribution is 5.78. The summed E-state index contributed by atoms with van der Waals surface area (Å²) < 4.78 is 26.2. The third kappa shape index (κ3) is 4.07. The van der Waals surface area contributed by atoms with Gasteiger partial charge in [-0.25, -0.2) is 8.78 Å². The van der Waals surface area contributed by atoms with Gasteiger partial charge in [-0.1, -0.05) is 13.3 Å². The summed E-state index contributed by atoms with van der Waals surface area (Å²) in [4.78, 5) is 11.7. The van der Waals surface area contributed by atoms with Crippen LogP contribution in [-0.2, 0) is 11.3 Å². The smallest absolute Gasteiger partial charge is 0.224 e. The first-order valence-electron chi connectivity index (χ1n) is 6.00. The lowest BCUT2D eigenvalue weighted by atomic mass is 10.0. The van der Waals surface area contributed by atoms with E-state index in [2.05, 4.69) is 5.32 Å². The van der Waals surface area contributed by atoms with Crippen LogP contribution in [0.25, 0.3) is 0 Å². The van der Waals surface area contributed by atoms with Crippen LogP contribution in [0, 0.1) is 17.6 Å². The van der Waals surface area contributed by atoms with E-state index in [0.29, 0.717) is 6.42 Å². The fourth-order valence-electron chi connectivity index (χ4n) is 1.71. The lowest BCUT2D eigenvalue weighted by molar-refractivity contribution is -0.125. The fraction of sp³-hybridized carbons (Fsp3) is 0.462. The van der Waals surface area contributed by atoms with Gasteiger partial charge in [0.15, 0.2) is 0 Å². The summed E-state index contributed by atoms with van der Waals surface area (Å²) in [5.41, 5.74) is 5.62. The Labute approximate surface area is 105 Å². The van der Waals surface area contributed by atoms with Gasteiger partial charge in [0, 0.05) is 18.7 Å². The Kier molecular flexibility index (Phi) is 5.71. The predicted octanol–water partition coefficient (Wildman–Crippen LogP) is 1.96. The fourth-order valence-corrected chi connectivity index (χ4v) is 1.71. The summed E-state index contributed by atoms with van der Waals surface area (Å²) in [7, 11) is 0. The molecule has 0 saturated carbocycles. The van der Waals surface area contributed by atoms with Gasteiger partial charge in [-0.3, -0.25) is 4.79 Å². The summed E-state index contributed by atoms with van der Waals surface area (Å²) in [6.45, 7) is 2.19. The zero-order valence-electron chi connectivity index (χ0n) is 10.4. The molecule has 3 N–H and O–H groups in total. The van der Waals surface area contributed by atoms with E-state index in [1.54, 1.807) is 0 Å². The molecule has 5 heteroatoms. The molecule has 1 atom stereocenters. The van der Waals surface area contributed by atoms with Crippen molar-refractivity contribution in [1.82, 2.24) is 5.32 Å². The largest absolute Gasteiger partial charge is 0.352 e. The first-order chi connectivity index (χ1) is 8.58. The third-order valence-electron chi connectivity index (χ3n) is 2.75. The number of hydrogen-bond donors (Lipinski definition) is 2. The van der Waals surface area contributed by atoms with Gasteiger partial charge >= 0.3 is 0 Å². The number of amides is 1. The molecule has 100 valence electrons. The number of halogens is 2. The maximum Gasteiger partial charge on any atom is 0.224 e. The van der Waals surface area contributed by atoms with Crippen LogP contribution < -0.4 is 11.1 Å². The molecule has 1 aromatic carbocycles. The lowest BCUT2D eigenvalue weighted by Gasteiger charge is -2.14. The molecule has 0 aromatic heterocycles. The molecular weight excluding hydrogens is 238 g/mol. The molecule has 1 unspecified atom stereocenters. The molecule has 0 heterocycles. The van der Waals surface area contributed by atoms with E-state index >= 15 is 0 Å². The SMILES string of the molecule is CCCC(CN)C(=O)NCc1cc(F)ccc1F. The normalized spacial score (nSPS) is 12.2. The molecule has 0 bridgehead atoms. The average molecular weight is 256 g/mol. The van der Waals surface area contributed by atoms with E-state index in [1.165, 1.54) is 0 Å². The Morgan fingerprint density at radius 1 is 1.44 bits per heavy atom. The van der Waals surface area contributed by atoms with Crippen LogP contribution in [0.2, 0.25) is 0 Å². The first-order valence-corrected chi connectivity index (χ1v) is 6.00. The van der Waals surface area contributed by atoms with Gasteiger partial charge in [-0.2, -0.15) is 0 Å². The highest BCUT2D eigenvalue weighted by Gasteiger charge is 2.15. The predicted molar refractivity (Wildman–Crippen MR) is 65.7 cm³/mol. The zero-order chi connectivity index (χ0) is 13.5. The van der Waals surface area contributed by atoms with Crippen LogP contribution >= 0.6 is 0 Å². The van der Waals surface area contributed by atoms with Gasteiger partial charge in [0.25, 0.3) is 0 Å². The van der Waals surface area contributed by atoms with Gasteiger partial charge in [0.1, 0.15) is 11.6 Å². The maximum atomic E-state index is 13.3. The van der Waals surface area contributed by atoms with E-state index in [9.17, 15) is 13.6 Å². The Morgan fingerprint density at radius 2 is 2.17 bits per heavy atom. The van der Waals surface area contributed by atoms with Crippen LogP contribution in [0.3, 0.4) is 0 Å². The molecular formula is C13H18F2N2O. The highest BCUT2D eigenvalue weighted by atomic mass is 19.1. The highest BCUT2D eigenvalue weighted by Crippen LogP contribution is 2.10. The van der Waals surface area contributed by atoms with E-state index in [4.69, 9.17) is 5.73 Å². The second-order valence-electron chi connectivity index (χ2n) is 4.17. The number of nitrogens with one attached hydrogen (secondary N) is 1. The molecule has 0 aliphatic carbocycles. The minimum absolute atomic E-state index is 0.0252. The average Bonchev–Trinajstić information content (AvgIpc) is 2.36. The quantitative estimate of drug-likeness (QED) is 0.817.